The van der Waals surface area contributed by atoms with Gasteiger partial charge in [0.05, 0.1) is 12.6 Å². The lowest BCUT2D eigenvalue weighted by molar-refractivity contribution is -0.151. The van der Waals surface area contributed by atoms with E-state index in [-0.39, 0.29) is 31.2 Å². The Bertz CT molecular complexity index is 1160. The number of nitrogens with zero attached hydrogens (tertiary/aromatic N) is 2. The van der Waals surface area contributed by atoms with Gasteiger partial charge < -0.3 is 16.0 Å². The van der Waals surface area contributed by atoms with Crippen molar-refractivity contribution >= 4 is 12.0 Å². The van der Waals surface area contributed by atoms with Crippen molar-refractivity contribution in [3.63, 3.8) is 0 Å². The van der Waals surface area contributed by atoms with Crippen LogP contribution >= 0.6 is 0 Å². The van der Waals surface area contributed by atoms with Crippen molar-refractivity contribution < 1.29 is 22.0 Å². The maximum absolute atomic E-state index is 13.0. The Labute approximate surface area is 240 Å². The maximum atomic E-state index is 13.0. The van der Waals surface area contributed by atoms with Crippen LogP contribution in [0.1, 0.15) is 64.9 Å². The molecule has 226 valence electrons. The van der Waals surface area contributed by atoms with Gasteiger partial charge in [-0.15, -0.1) is 0 Å². The van der Waals surface area contributed by atoms with Crippen LogP contribution in [0.25, 0.3) is 0 Å². The summed E-state index contributed by atoms with van der Waals surface area (Å²) in [4.78, 5) is 8.69. The number of pyridine rings is 1. The minimum absolute atomic E-state index is 0.0132. The van der Waals surface area contributed by atoms with Crippen molar-refractivity contribution in [3.05, 3.63) is 71.9 Å². The summed E-state index contributed by atoms with van der Waals surface area (Å²) in [6.07, 6.45) is 2.33. The highest BCUT2D eigenvalue weighted by Crippen LogP contribution is 2.35. The van der Waals surface area contributed by atoms with E-state index in [1.165, 1.54) is 5.57 Å². The fourth-order valence-corrected chi connectivity index (χ4v) is 5.14. The Hall–Kier alpha value is -3.17. The van der Waals surface area contributed by atoms with Crippen molar-refractivity contribution in [3.8, 4) is 0 Å². The molecule has 10 heteroatoms. The number of alkyl halides is 5. The summed E-state index contributed by atoms with van der Waals surface area (Å²) >= 11 is 0. The molecule has 3 aliphatic rings. The van der Waals surface area contributed by atoms with E-state index in [4.69, 9.17) is 0 Å². The van der Waals surface area contributed by atoms with Crippen LogP contribution in [0.15, 0.2) is 71.3 Å². The molecule has 0 radical (unpaired) electrons. The molecule has 5 nitrogen and oxygen atoms in total. The highest BCUT2D eigenvalue weighted by atomic mass is 19.4. The molecule has 2 aliphatic heterocycles. The normalized spacial score (nSPS) is 22.6. The van der Waals surface area contributed by atoms with Crippen LogP contribution in [0.3, 0.4) is 0 Å². The molecule has 0 aromatic carbocycles. The summed E-state index contributed by atoms with van der Waals surface area (Å²) in [6, 6.07) is 1.98. The minimum atomic E-state index is -4.27. The van der Waals surface area contributed by atoms with Crippen LogP contribution < -0.4 is 16.0 Å². The first-order valence-corrected chi connectivity index (χ1v) is 14.2. The van der Waals surface area contributed by atoms with Crippen LogP contribution in [-0.2, 0) is 6.42 Å². The van der Waals surface area contributed by atoms with Gasteiger partial charge in [0.2, 0.25) is 5.92 Å². The number of aromatic nitrogens is 1. The Morgan fingerprint density at radius 3 is 2.39 bits per heavy atom. The standard InChI is InChI=1S/C25H32F3N5.C6H10F2/c1-14(2)21-12-29-13-22(21)18(6)31-15(3)16(4)33-24-10-19(7-8-30-24)9-20-11-23(25(26,27)28)32-17(20)5;7-6(8)4-2-1-3-5-6/h7-8,10,13-15,20,23,31-32H,4-6,9,11-12H2,1-3H3,(H,30,33);1-5H2. The smallest absolute Gasteiger partial charge is 0.378 e. The number of anilines is 1. The number of aliphatic imine (C=N–C) groups is 1. The van der Waals surface area contributed by atoms with Gasteiger partial charge in [0, 0.05) is 53.8 Å². The van der Waals surface area contributed by atoms with E-state index in [9.17, 15) is 22.0 Å². The van der Waals surface area contributed by atoms with E-state index < -0.39 is 18.1 Å². The average Bonchev–Trinajstić information content (AvgIpc) is 3.52. The fourth-order valence-electron chi connectivity index (χ4n) is 5.14. The lowest BCUT2D eigenvalue weighted by Gasteiger charge is -2.22. The summed E-state index contributed by atoms with van der Waals surface area (Å²) in [5, 5.41) is 9.05. The second-order valence-corrected chi connectivity index (χ2v) is 11.4. The van der Waals surface area contributed by atoms with Gasteiger partial charge in [-0.1, -0.05) is 40.0 Å². The summed E-state index contributed by atoms with van der Waals surface area (Å²) in [5.74, 6) is -1.62. The van der Waals surface area contributed by atoms with E-state index in [0.717, 1.165) is 23.3 Å². The largest absolute Gasteiger partial charge is 0.408 e. The molecular weight excluding hydrogens is 537 g/mol. The summed E-state index contributed by atoms with van der Waals surface area (Å²) < 4.78 is 63.5. The number of halogens is 5. The van der Waals surface area contributed by atoms with Crippen molar-refractivity contribution in [1.82, 2.24) is 15.6 Å². The molecule has 41 heavy (non-hydrogen) atoms. The third-order valence-corrected chi connectivity index (χ3v) is 7.71. The lowest BCUT2D eigenvalue weighted by atomic mass is 9.95. The van der Waals surface area contributed by atoms with Gasteiger partial charge in [-0.3, -0.25) is 4.99 Å². The van der Waals surface area contributed by atoms with Gasteiger partial charge in [0.25, 0.3) is 0 Å². The number of rotatable bonds is 9. The first kappa shape index (κ1) is 32.3. The summed E-state index contributed by atoms with van der Waals surface area (Å²) in [5.41, 5.74) is 5.09. The molecule has 2 fully saturated rings. The van der Waals surface area contributed by atoms with E-state index in [1.54, 1.807) is 6.20 Å². The molecule has 4 rings (SSSR count). The lowest BCUT2D eigenvalue weighted by Crippen LogP contribution is -2.36. The Balaban J connectivity index is 0.000000496. The maximum Gasteiger partial charge on any atom is 0.408 e. The molecule has 0 bridgehead atoms. The molecule has 3 atom stereocenters. The molecule has 0 spiro atoms. The third kappa shape index (κ3) is 9.43. The molecule has 1 saturated carbocycles. The third-order valence-electron chi connectivity index (χ3n) is 7.71. The van der Waals surface area contributed by atoms with Gasteiger partial charge in [-0.05, 0) is 61.8 Å². The average molecular weight is 580 g/mol. The van der Waals surface area contributed by atoms with Gasteiger partial charge in [-0.25, -0.2) is 13.8 Å². The second kappa shape index (κ2) is 13.7. The molecular formula is C31H42F5N5. The predicted molar refractivity (Wildman–Crippen MR) is 156 cm³/mol. The molecule has 0 amide bonds. The number of hydrogen-bond acceptors (Lipinski definition) is 5. The molecule has 3 unspecified atom stereocenters. The van der Waals surface area contributed by atoms with Crippen LogP contribution in [0.2, 0.25) is 0 Å². The van der Waals surface area contributed by atoms with Crippen molar-refractivity contribution in [1.29, 1.82) is 0 Å². The fraction of sp³-hybridized carbons (Fsp3) is 0.548. The van der Waals surface area contributed by atoms with Crippen LogP contribution in [0, 0.1) is 11.8 Å². The molecule has 1 aliphatic carbocycles. The molecule has 3 heterocycles. The van der Waals surface area contributed by atoms with Crippen molar-refractivity contribution in [2.24, 2.45) is 16.8 Å². The first-order chi connectivity index (χ1) is 19.2. The van der Waals surface area contributed by atoms with Crippen LogP contribution in [-0.4, -0.2) is 41.9 Å². The zero-order valence-corrected chi connectivity index (χ0v) is 24.2. The van der Waals surface area contributed by atoms with E-state index in [2.05, 4.69) is 59.5 Å². The van der Waals surface area contributed by atoms with Crippen molar-refractivity contribution in [2.75, 3.05) is 11.9 Å². The highest BCUT2D eigenvalue weighted by Gasteiger charge is 2.45. The predicted octanol–water partition coefficient (Wildman–Crippen LogP) is 7.72. The van der Waals surface area contributed by atoms with E-state index in [1.807, 2.05) is 25.3 Å². The number of allylic oxidation sites excluding steroid dienone is 2. The Morgan fingerprint density at radius 1 is 1.15 bits per heavy atom. The molecule has 3 N–H and O–H groups in total. The minimum Gasteiger partial charge on any atom is -0.378 e. The van der Waals surface area contributed by atoms with Crippen LogP contribution in [0.4, 0.5) is 27.8 Å². The van der Waals surface area contributed by atoms with Gasteiger partial charge >= 0.3 is 6.18 Å². The van der Waals surface area contributed by atoms with Gasteiger partial charge in [0.1, 0.15) is 11.9 Å². The second-order valence-electron chi connectivity index (χ2n) is 11.4. The van der Waals surface area contributed by atoms with Crippen LogP contribution in [0.5, 0.6) is 0 Å². The first-order valence-electron chi connectivity index (χ1n) is 14.2. The summed E-state index contributed by atoms with van der Waals surface area (Å²) in [6.45, 7) is 19.0. The highest BCUT2D eigenvalue weighted by molar-refractivity contribution is 5.88. The van der Waals surface area contributed by atoms with E-state index in [0.29, 0.717) is 48.9 Å². The number of hydrogen-bond donors (Lipinski definition) is 3. The van der Waals surface area contributed by atoms with Crippen molar-refractivity contribution in [2.45, 2.75) is 89.9 Å². The van der Waals surface area contributed by atoms with E-state index >= 15 is 0 Å². The topological polar surface area (TPSA) is 61.3 Å². The molecule has 1 aromatic rings. The number of nitrogens with one attached hydrogen (secondary N) is 3. The Morgan fingerprint density at radius 2 is 1.83 bits per heavy atom. The Kier molecular flexibility index (Phi) is 10.8. The zero-order chi connectivity index (χ0) is 30.4. The van der Waals surface area contributed by atoms with Gasteiger partial charge in [-0.2, -0.15) is 13.2 Å². The SMILES string of the molecule is C=C(NC(C)C(=C)Nc1cc(CC2CC(C(F)(F)F)NC2=C)ccn1)C1=C(C(C)C)CN=C1.FC1(F)CCCCC1. The quantitative estimate of drug-likeness (QED) is 0.262. The molecule has 1 aromatic heterocycles. The zero-order valence-electron chi connectivity index (χ0n) is 24.2. The molecule has 1 saturated heterocycles. The monoisotopic (exact) mass is 579 g/mol. The summed E-state index contributed by atoms with van der Waals surface area (Å²) in [7, 11) is 0. The van der Waals surface area contributed by atoms with Gasteiger partial charge in [0.15, 0.2) is 0 Å².